The van der Waals surface area contributed by atoms with Crippen LogP contribution in [0, 0.1) is 27.9 Å². The number of carbonyl (C=O) groups is 1. The SMILES string of the molecule is CC[C@H]1OC(=O)[C@H](C)[C@@H](OC[C@H]2C[C@@](C)(OC)[C@@H](O)[C@H](C)O2)[C@H](C)[C@@H](O[C@@H]2O[C@H](C)C[C@H](N(C)CCc3cn(C[C@H](F)COc4ccc([N+](=O)[O-])cc4)nn3)[C@H]2O)[C@](C)(O)C[C@@H](C)CN(C)[C@H](C)[C@@H](O)[C@]1(C)O. The van der Waals surface area contributed by atoms with Crippen molar-refractivity contribution in [1.29, 1.82) is 0 Å². The zero-order chi connectivity index (χ0) is 54.3. The van der Waals surface area contributed by atoms with Gasteiger partial charge in [0.2, 0.25) is 0 Å². The normalized spacial score (nSPS) is 39.1. The lowest BCUT2D eigenvalue weighted by molar-refractivity contribution is -0.384. The molecule has 0 radical (unpaired) electrons. The van der Waals surface area contributed by atoms with Gasteiger partial charge in [0, 0.05) is 69.4 Å². The fourth-order valence-electron chi connectivity index (χ4n) is 11.1. The number of cyclic esters (lactones) is 1. The van der Waals surface area contributed by atoms with Crippen molar-refractivity contribution in [2.24, 2.45) is 17.8 Å². The van der Waals surface area contributed by atoms with Crippen LogP contribution in [0.5, 0.6) is 5.75 Å². The summed E-state index contributed by atoms with van der Waals surface area (Å²) in [7, 11) is 5.20. The Labute approximate surface area is 429 Å². The largest absolute Gasteiger partial charge is 0.490 e. The predicted octanol–water partition coefficient (Wildman–Crippen LogP) is 3.47. The fraction of sp³-hybridized carbons (Fsp3) is 0.824. The minimum Gasteiger partial charge on any atom is -0.490 e. The number of alkyl halides is 1. The first-order valence-corrected chi connectivity index (χ1v) is 25.8. The molecule has 0 bridgehead atoms. The van der Waals surface area contributed by atoms with Crippen LogP contribution < -0.4 is 4.74 Å². The number of rotatable bonds is 17. The number of ether oxygens (including phenoxy) is 7. The smallest absolute Gasteiger partial charge is 0.311 e. The number of hydrogen-bond donors (Lipinski definition) is 5. The van der Waals surface area contributed by atoms with Gasteiger partial charge in [-0.1, -0.05) is 26.0 Å². The summed E-state index contributed by atoms with van der Waals surface area (Å²) >= 11 is 0. The highest BCUT2D eigenvalue weighted by Crippen LogP contribution is 2.39. The number of non-ortho nitro benzene ring substituents is 1. The molecule has 0 spiro atoms. The van der Waals surface area contributed by atoms with Crippen LogP contribution in [-0.4, -0.2) is 205 Å². The highest BCUT2D eigenvalue weighted by Gasteiger charge is 2.52. The molecule has 0 saturated carbocycles. The number of methoxy groups -OCH3 is 1. The van der Waals surface area contributed by atoms with Crippen molar-refractivity contribution in [1.82, 2.24) is 24.8 Å². The van der Waals surface area contributed by atoms with Crippen LogP contribution in [0.4, 0.5) is 10.1 Å². The molecule has 21 nitrogen and oxygen atoms in total. The van der Waals surface area contributed by atoms with Crippen LogP contribution in [-0.2, 0) is 46.2 Å². The molecule has 1 aromatic carbocycles. The maximum atomic E-state index is 15.0. The first-order valence-electron chi connectivity index (χ1n) is 25.8. The van der Waals surface area contributed by atoms with E-state index in [2.05, 4.69) is 10.3 Å². The van der Waals surface area contributed by atoms with Crippen LogP contribution in [0.25, 0.3) is 0 Å². The van der Waals surface area contributed by atoms with Crippen LogP contribution in [0.15, 0.2) is 30.5 Å². The molecule has 3 aliphatic heterocycles. The van der Waals surface area contributed by atoms with E-state index in [1.165, 1.54) is 43.0 Å². The lowest BCUT2D eigenvalue weighted by Crippen LogP contribution is -2.60. The van der Waals surface area contributed by atoms with Crippen molar-refractivity contribution in [2.45, 2.75) is 204 Å². The van der Waals surface area contributed by atoms with E-state index in [4.69, 9.17) is 33.2 Å². The Bertz CT molecular complexity index is 2050. The van der Waals surface area contributed by atoms with Gasteiger partial charge in [0.25, 0.3) is 5.69 Å². The summed E-state index contributed by atoms with van der Waals surface area (Å²) in [5.74, 6) is -2.47. The van der Waals surface area contributed by atoms with Gasteiger partial charge in [-0.3, -0.25) is 14.9 Å². The number of aliphatic hydroxyl groups is 5. The van der Waals surface area contributed by atoms with E-state index in [1.807, 2.05) is 44.7 Å². The second kappa shape index (κ2) is 25.5. The van der Waals surface area contributed by atoms with E-state index in [0.717, 1.165) is 0 Å². The second-order valence-corrected chi connectivity index (χ2v) is 21.9. The van der Waals surface area contributed by atoms with Crippen LogP contribution in [0.2, 0.25) is 0 Å². The summed E-state index contributed by atoms with van der Waals surface area (Å²) in [6, 6.07) is 4.29. The summed E-state index contributed by atoms with van der Waals surface area (Å²) in [6.07, 6.45) is -7.94. The standard InChI is InChI=1S/C51H85FN6O15/c1-14-41-51(10,64)44(60)33(6)56(12)24-29(2)22-49(8,63)46(31(4)43(32(5)47(62)72-41)69-28-39-23-50(9,67-13)45(61)34(7)71-39)73-48-42(59)40(21-30(3)70-48)55(11)20-19-36-26-57(54-53-36)25-35(52)27-68-38-17-15-37(16-18-38)58(65)66/h15-18,26,29-35,39-46,48,59-61,63-64H,14,19-25,27-28H2,1-13H3/t29-,30-,31+,32-,33-,34+,35+,39-,40+,41-,42-,43+,44-,45+,46-,48+,49-,50-,51-/m1/s1. The van der Waals surface area contributed by atoms with Crippen molar-refractivity contribution >= 4 is 11.7 Å². The summed E-state index contributed by atoms with van der Waals surface area (Å²) in [4.78, 5) is 28.7. The Morgan fingerprint density at radius 3 is 2.33 bits per heavy atom. The molecule has 73 heavy (non-hydrogen) atoms. The first kappa shape index (κ1) is 60.3. The van der Waals surface area contributed by atoms with Crippen LogP contribution in [0.1, 0.15) is 101 Å². The zero-order valence-corrected chi connectivity index (χ0v) is 45.1. The van der Waals surface area contributed by atoms with Gasteiger partial charge >= 0.3 is 5.97 Å². The maximum Gasteiger partial charge on any atom is 0.311 e. The van der Waals surface area contributed by atoms with Crippen molar-refractivity contribution in [3.8, 4) is 5.75 Å². The molecule has 2 aromatic rings. The van der Waals surface area contributed by atoms with Gasteiger partial charge in [0.05, 0.1) is 71.4 Å². The first-order chi connectivity index (χ1) is 34.1. The molecule has 0 unspecified atom stereocenters. The molecule has 3 aliphatic rings. The number of benzene rings is 1. The molecular formula is C51H85FN6O15. The zero-order valence-electron chi connectivity index (χ0n) is 45.1. The number of nitro benzene ring substituents is 1. The molecule has 4 heterocycles. The van der Waals surface area contributed by atoms with Gasteiger partial charge in [-0.2, -0.15) is 0 Å². The van der Waals surface area contributed by atoms with E-state index < -0.39 is 119 Å². The molecule has 1 aromatic heterocycles. The highest BCUT2D eigenvalue weighted by atomic mass is 19.1. The van der Waals surface area contributed by atoms with Gasteiger partial charge < -0.3 is 68.5 Å². The minimum atomic E-state index is -1.85. The van der Waals surface area contributed by atoms with E-state index in [1.54, 1.807) is 47.7 Å². The van der Waals surface area contributed by atoms with Gasteiger partial charge in [0.1, 0.15) is 42.4 Å². The molecular weight excluding hydrogens is 956 g/mol. The Morgan fingerprint density at radius 2 is 1.70 bits per heavy atom. The summed E-state index contributed by atoms with van der Waals surface area (Å²) in [6.45, 7) is 17.8. The molecule has 5 N–H and O–H groups in total. The minimum absolute atomic E-state index is 0.0445. The molecule has 22 heteroatoms. The number of hydrogen-bond acceptors (Lipinski definition) is 19. The van der Waals surface area contributed by atoms with E-state index in [-0.39, 0.29) is 50.6 Å². The number of aromatic nitrogens is 3. The molecule has 19 atom stereocenters. The number of nitro groups is 1. The van der Waals surface area contributed by atoms with E-state index >= 15 is 0 Å². The van der Waals surface area contributed by atoms with E-state index in [0.29, 0.717) is 37.4 Å². The van der Waals surface area contributed by atoms with Crippen molar-refractivity contribution in [2.75, 3.05) is 47.5 Å². The highest BCUT2D eigenvalue weighted by molar-refractivity contribution is 5.73. The van der Waals surface area contributed by atoms with Crippen molar-refractivity contribution < 1.29 is 72.8 Å². The molecule has 5 rings (SSSR count). The van der Waals surface area contributed by atoms with Gasteiger partial charge in [-0.15, -0.1) is 5.10 Å². The molecule has 0 aliphatic carbocycles. The summed E-state index contributed by atoms with van der Waals surface area (Å²) in [5, 5.41) is 78.7. The second-order valence-electron chi connectivity index (χ2n) is 21.9. The lowest BCUT2D eigenvalue weighted by atomic mass is 9.77. The fourth-order valence-corrected chi connectivity index (χ4v) is 11.1. The molecule has 3 fully saturated rings. The summed E-state index contributed by atoms with van der Waals surface area (Å²) < 4.78 is 59.9. The average Bonchev–Trinajstić information content (AvgIpc) is 3.78. The third kappa shape index (κ3) is 15.1. The monoisotopic (exact) mass is 1040 g/mol. The van der Waals surface area contributed by atoms with Crippen molar-refractivity contribution in [3.05, 3.63) is 46.3 Å². The number of halogens is 1. The summed E-state index contributed by atoms with van der Waals surface area (Å²) in [5.41, 5.74) is -3.96. The predicted molar refractivity (Wildman–Crippen MR) is 265 cm³/mol. The van der Waals surface area contributed by atoms with Crippen LogP contribution in [0.3, 0.4) is 0 Å². The van der Waals surface area contributed by atoms with Crippen LogP contribution >= 0.6 is 0 Å². The molecule has 416 valence electrons. The Hall–Kier alpha value is -3.52. The number of esters is 1. The van der Waals surface area contributed by atoms with Crippen molar-refractivity contribution in [3.63, 3.8) is 0 Å². The molecule has 0 amide bonds. The third-order valence-electron chi connectivity index (χ3n) is 15.5. The number of aliphatic hydroxyl groups excluding tert-OH is 3. The topological polar surface area (TPSA) is 263 Å². The quantitative estimate of drug-likeness (QED) is 0.0863. The lowest BCUT2D eigenvalue weighted by Gasteiger charge is -2.48. The average molecular weight is 1040 g/mol. The number of nitrogens with zero attached hydrogens (tertiary/aromatic N) is 6. The molecule has 3 saturated heterocycles. The Balaban J connectivity index is 1.37. The number of likely N-dealkylation sites (N-methyl/N-ethyl adjacent to an activating group) is 2. The maximum absolute atomic E-state index is 15.0. The van der Waals surface area contributed by atoms with Gasteiger partial charge in [0.15, 0.2) is 12.5 Å². The Kier molecular flexibility index (Phi) is 21.1. The third-order valence-corrected chi connectivity index (χ3v) is 15.5. The van der Waals surface area contributed by atoms with Gasteiger partial charge in [-0.05, 0) is 99.9 Å². The number of carbonyl (C=O) groups excluding carboxylic acids is 1. The van der Waals surface area contributed by atoms with Gasteiger partial charge in [-0.25, -0.2) is 9.07 Å². The Morgan fingerprint density at radius 1 is 1.03 bits per heavy atom. The van der Waals surface area contributed by atoms with E-state index in [9.17, 15) is 44.8 Å².